The second-order valence-corrected chi connectivity index (χ2v) is 3.72. The van der Waals surface area contributed by atoms with E-state index in [0.717, 1.165) is 0 Å². The normalized spacial score (nSPS) is 10.4. The number of hydrogen-bond donors (Lipinski definition) is 2. The second-order valence-electron chi connectivity index (χ2n) is 2.87. The SMILES string of the molecule is CSc1cc(F)cc(N(C)N)c1CO. The number of hydrogen-bond acceptors (Lipinski definition) is 4. The van der Waals surface area contributed by atoms with Crippen LogP contribution in [-0.4, -0.2) is 18.4 Å². The van der Waals surface area contributed by atoms with Gasteiger partial charge in [0.05, 0.1) is 12.3 Å². The van der Waals surface area contributed by atoms with Crippen LogP contribution in [0.25, 0.3) is 0 Å². The molecule has 0 amide bonds. The van der Waals surface area contributed by atoms with Crippen molar-refractivity contribution in [2.45, 2.75) is 11.5 Å². The number of halogens is 1. The van der Waals surface area contributed by atoms with Crippen molar-refractivity contribution in [1.29, 1.82) is 0 Å². The Labute approximate surface area is 86.7 Å². The Bertz CT molecular complexity index is 331. The fourth-order valence-electron chi connectivity index (χ4n) is 1.25. The van der Waals surface area contributed by atoms with Gasteiger partial charge in [0.1, 0.15) is 5.82 Å². The number of aliphatic hydroxyl groups is 1. The van der Waals surface area contributed by atoms with Gasteiger partial charge in [-0.05, 0) is 18.4 Å². The minimum Gasteiger partial charge on any atom is -0.392 e. The average Bonchev–Trinajstić information content (AvgIpc) is 2.16. The van der Waals surface area contributed by atoms with Crippen LogP contribution >= 0.6 is 11.8 Å². The summed E-state index contributed by atoms with van der Waals surface area (Å²) in [5.41, 5.74) is 1.17. The molecule has 0 fully saturated rings. The molecule has 0 aliphatic carbocycles. The predicted octanol–water partition coefficient (Wildman–Crippen LogP) is 1.35. The first-order valence-corrected chi connectivity index (χ1v) is 5.28. The standard InChI is InChI=1S/C9H13FN2OS/c1-12(11)8-3-6(10)4-9(14-2)7(8)5-13/h3-4,13H,5,11H2,1-2H3. The molecule has 0 bridgehead atoms. The summed E-state index contributed by atoms with van der Waals surface area (Å²) in [6, 6.07) is 2.70. The van der Waals surface area contributed by atoms with E-state index in [0.29, 0.717) is 16.1 Å². The molecular formula is C9H13FN2OS. The molecule has 5 heteroatoms. The van der Waals surface area contributed by atoms with Crippen LogP contribution in [0, 0.1) is 5.82 Å². The third-order valence-electron chi connectivity index (χ3n) is 1.91. The number of rotatable bonds is 3. The topological polar surface area (TPSA) is 49.5 Å². The predicted molar refractivity (Wildman–Crippen MR) is 56.7 cm³/mol. The molecule has 0 saturated heterocycles. The van der Waals surface area contributed by atoms with Crippen LogP contribution in [0.5, 0.6) is 0 Å². The van der Waals surface area contributed by atoms with Crippen LogP contribution < -0.4 is 10.9 Å². The molecule has 0 spiro atoms. The van der Waals surface area contributed by atoms with E-state index in [1.165, 1.54) is 28.9 Å². The maximum absolute atomic E-state index is 13.1. The summed E-state index contributed by atoms with van der Waals surface area (Å²) in [5.74, 6) is 5.18. The first kappa shape index (κ1) is 11.3. The summed E-state index contributed by atoms with van der Waals surface area (Å²) in [7, 11) is 1.61. The van der Waals surface area contributed by atoms with E-state index in [1.807, 2.05) is 6.26 Å². The van der Waals surface area contributed by atoms with Crippen molar-refractivity contribution in [2.24, 2.45) is 5.84 Å². The summed E-state index contributed by atoms with van der Waals surface area (Å²) in [6.07, 6.45) is 1.83. The summed E-state index contributed by atoms with van der Waals surface area (Å²) < 4.78 is 13.1. The summed E-state index contributed by atoms with van der Waals surface area (Å²) in [4.78, 5) is 0.708. The molecule has 14 heavy (non-hydrogen) atoms. The van der Waals surface area contributed by atoms with E-state index in [9.17, 15) is 4.39 Å². The lowest BCUT2D eigenvalue weighted by atomic mass is 10.2. The Morgan fingerprint density at radius 1 is 1.57 bits per heavy atom. The van der Waals surface area contributed by atoms with Gasteiger partial charge in [-0.2, -0.15) is 0 Å². The molecule has 78 valence electrons. The molecule has 3 N–H and O–H groups in total. The van der Waals surface area contributed by atoms with E-state index in [2.05, 4.69) is 0 Å². The van der Waals surface area contributed by atoms with Gasteiger partial charge in [0, 0.05) is 17.5 Å². The molecule has 0 aromatic heterocycles. The van der Waals surface area contributed by atoms with Crippen LogP contribution in [0.2, 0.25) is 0 Å². The molecule has 1 aromatic rings. The van der Waals surface area contributed by atoms with Gasteiger partial charge < -0.3 is 10.1 Å². The van der Waals surface area contributed by atoms with Crippen molar-refractivity contribution in [1.82, 2.24) is 0 Å². The van der Waals surface area contributed by atoms with E-state index >= 15 is 0 Å². The third-order valence-corrected chi connectivity index (χ3v) is 2.71. The zero-order valence-electron chi connectivity index (χ0n) is 8.12. The van der Waals surface area contributed by atoms with E-state index in [1.54, 1.807) is 7.05 Å². The Balaban J connectivity index is 3.31. The maximum atomic E-state index is 13.1. The van der Waals surface area contributed by atoms with Gasteiger partial charge in [-0.25, -0.2) is 10.2 Å². The summed E-state index contributed by atoms with van der Waals surface area (Å²) >= 11 is 1.38. The van der Waals surface area contributed by atoms with Crippen molar-refractivity contribution in [3.05, 3.63) is 23.5 Å². The minimum absolute atomic E-state index is 0.146. The van der Waals surface area contributed by atoms with Gasteiger partial charge in [0.25, 0.3) is 0 Å². The second kappa shape index (κ2) is 4.63. The molecule has 0 heterocycles. The summed E-state index contributed by atoms with van der Waals surface area (Å²) in [6.45, 7) is -0.146. The van der Waals surface area contributed by atoms with Crippen LogP contribution in [0.4, 0.5) is 10.1 Å². The van der Waals surface area contributed by atoms with Crippen molar-refractivity contribution in [3.8, 4) is 0 Å². The number of nitrogens with two attached hydrogens (primary N) is 1. The highest BCUT2D eigenvalue weighted by molar-refractivity contribution is 7.98. The van der Waals surface area contributed by atoms with Gasteiger partial charge in [0.15, 0.2) is 0 Å². The molecule has 0 aliphatic rings. The van der Waals surface area contributed by atoms with Gasteiger partial charge in [-0.1, -0.05) is 0 Å². The van der Waals surface area contributed by atoms with Crippen LogP contribution in [-0.2, 0) is 6.61 Å². The molecule has 0 saturated carbocycles. The lowest BCUT2D eigenvalue weighted by molar-refractivity contribution is 0.279. The highest BCUT2D eigenvalue weighted by Crippen LogP contribution is 2.29. The maximum Gasteiger partial charge on any atom is 0.126 e. The molecule has 0 radical (unpaired) electrons. The summed E-state index contributed by atoms with van der Waals surface area (Å²) in [5, 5.41) is 10.5. The number of thioether (sulfide) groups is 1. The van der Waals surface area contributed by atoms with Gasteiger partial charge in [-0.15, -0.1) is 11.8 Å². The Hall–Kier alpha value is -0.780. The highest BCUT2D eigenvalue weighted by Gasteiger charge is 2.11. The first-order chi connectivity index (χ1) is 6.60. The monoisotopic (exact) mass is 216 g/mol. The van der Waals surface area contributed by atoms with E-state index < -0.39 is 0 Å². The fourth-order valence-corrected chi connectivity index (χ4v) is 1.90. The van der Waals surface area contributed by atoms with Crippen molar-refractivity contribution in [2.75, 3.05) is 18.3 Å². The molecule has 0 aliphatic heterocycles. The highest BCUT2D eigenvalue weighted by atomic mass is 32.2. The van der Waals surface area contributed by atoms with Gasteiger partial charge >= 0.3 is 0 Å². The molecule has 3 nitrogen and oxygen atoms in total. The first-order valence-electron chi connectivity index (χ1n) is 4.05. The molecular weight excluding hydrogens is 203 g/mol. The smallest absolute Gasteiger partial charge is 0.126 e. The Morgan fingerprint density at radius 3 is 2.64 bits per heavy atom. The van der Waals surface area contributed by atoms with Gasteiger partial charge in [0.2, 0.25) is 0 Å². The molecule has 1 rings (SSSR count). The number of aliphatic hydroxyl groups excluding tert-OH is 1. The van der Waals surface area contributed by atoms with Crippen LogP contribution in [0.15, 0.2) is 17.0 Å². The Kier molecular flexibility index (Phi) is 3.74. The van der Waals surface area contributed by atoms with Crippen molar-refractivity contribution < 1.29 is 9.50 Å². The van der Waals surface area contributed by atoms with E-state index in [-0.39, 0.29) is 12.4 Å². The molecule has 0 atom stereocenters. The molecule has 1 aromatic carbocycles. The van der Waals surface area contributed by atoms with Crippen molar-refractivity contribution in [3.63, 3.8) is 0 Å². The number of anilines is 1. The molecule has 0 unspecified atom stereocenters. The largest absolute Gasteiger partial charge is 0.392 e. The van der Waals surface area contributed by atoms with Gasteiger partial charge in [-0.3, -0.25) is 0 Å². The van der Waals surface area contributed by atoms with Crippen LogP contribution in [0.3, 0.4) is 0 Å². The third kappa shape index (κ3) is 2.17. The quantitative estimate of drug-likeness (QED) is 0.455. The minimum atomic E-state index is -0.348. The lowest BCUT2D eigenvalue weighted by Crippen LogP contribution is -2.26. The average molecular weight is 216 g/mol. The number of nitrogens with zero attached hydrogens (tertiary/aromatic N) is 1. The lowest BCUT2D eigenvalue weighted by Gasteiger charge is -2.18. The van der Waals surface area contributed by atoms with Crippen LogP contribution in [0.1, 0.15) is 5.56 Å². The Morgan fingerprint density at radius 2 is 2.21 bits per heavy atom. The van der Waals surface area contributed by atoms with E-state index in [4.69, 9.17) is 10.9 Å². The fraction of sp³-hybridized carbons (Fsp3) is 0.333. The number of benzene rings is 1. The zero-order chi connectivity index (χ0) is 10.7. The zero-order valence-corrected chi connectivity index (χ0v) is 8.94. The van der Waals surface area contributed by atoms with Crippen molar-refractivity contribution >= 4 is 17.4 Å². The number of hydrazine groups is 1.